The van der Waals surface area contributed by atoms with Crippen molar-refractivity contribution in [3.05, 3.63) is 65.0 Å². The van der Waals surface area contributed by atoms with Crippen LogP contribution in [0.5, 0.6) is 0 Å². The van der Waals surface area contributed by atoms with Gasteiger partial charge >= 0.3 is 0 Å². The van der Waals surface area contributed by atoms with Crippen molar-refractivity contribution in [1.82, 2.24) is 10.2 Å². The van der Waals surface area contributed by atoms with Crippen LogP contribution in [0.2, 0.25) is 0 Å². The zero-order valence-corrected chi connectivity index (χ0v) is 16.0. The Morgan fingerprint density at radius 3 is 2.26 bits per heavy atom. The average molecular weight is 371 g/mol. The Labute approximate surface area is 159 Å². The molecular formula is C21H26FN3O2. The van der Waals surface area contributed by atoms with Crippen LogP contribution in [0.3, 0.4) is 0 Å². The zero-order chi connectivity index (χ0) is 19.8. The zero-order valence-electron chi connectivity index (χ0n) is 16.0. The standard InChI is InChI=1S/C21H26FN3O2/c1-4-25(14-19(26)23-12-17-8-10-18(22)11-9-17)20(27)13-24-21-15(2)6-5-7-16(21)3/h5-11,24H,4,12-14H2,1-3H3,(H,23,26). The van der Waals surface area contributed by atoms with Crippen LogP contribution in [0.4, 0.5) is 10.1 Å². The molecule has 6 heteroatoms. The van der Waals surface area contributed by atoms with Gasteiger partial charge in [0.25, 0.3) is 0 Å². The first-order chi connectivity index (χ1) is 12.9. The van der Waals surface area contributed by atoms with Crippen molar-refractivity contribution in [1.29, 1.82) is 0 Å². The highest BCUT2D eigenvalue weighted by Gasteiger charge is 2.16. The largest absolute Gasteiger partial charge is 0.376 e. The van der Waals surface area contributed by atoms with Crippen molar-refractivity contribution >= 4 is 17.5 Å². The van der Waals surface area contributed by atoms with E-state index in [-0.39, 0.29) is 30.7 Å². The molecule has 0 fully saturated rings. The van der Waals surface area contributed by atoms with E-state index in [2.05, 4.69) is 10.6 Å². The fraction of sp³-hybridized carbons (Fsp3) is 0.333. The topological polar surface area (TPSA) is 61.4 Å². The van der Waals surface area contributed by atoms with E-state index in [0.29, 0.717) is 13.1 Å². The molecule has 0 saturated heterocycles. The smallest absolute Gasteiger partial charge is 0.242 e. The summed E-state index contributed by atoms with van der Waals surface area (Å²) >= 11 is 0. The summed E-state index contributed by atoms with van der Waals surface area (Å²) in [6.07, 6.45) is 0. The van der Waals surface area contributed by atoms with Gasteiger partial charge in [-0.05, 0) is 49.6 Å². The van der Waals surface area contributed by atoms with Crippen molar-refractivity contribution in [2.24, 2.45) is 0 Å². The van der Waals surface area contributed by atoms with Gasteiger partial charge in [-0.2, -0.15) is 0 Å². The fourth-order valence-corrected chi connectivity index (χ4v) is 2.78. The van der Waals surface area contributed by atoms with Gasteiger partial charge in [0.2, 0.25) is 11.8 Å². The number of rotatable bonds is 8. The summed E-state index contributed by atoms with van der Waals surface area (Å²) in [5.74, 6) is -0.706. The Morgan fingerprint density at radius 2 is 1.67 bits per heavy atom. The van der Waals surface area contributed by atoms with Gasteiger partial charge in [0.1, 0.15) is 5.82 Å². The maximum absolute atomic E-state index is 12.9. The first-order valence-corrected chi connectivity index (χ1v) is 8.99. The number of nitrogens with one attached hydrogen (secondary N) is 2. The Bertz CT molecular complexity index is 770. The fourth-order valence-electron chi connectivity index (χ4n) is 2.78. The van der Waals surface area contributed by atoms with Crippen molar-refractivity contribution in [3.8, 4) is 0 Å². The second-order valence-corrected chi connectivity index (χ2v) is 6.43. The second kappa shape index (κ2) is 9.71. The van der Waals surface area contributed by atoms with E-state index in [1.54, 1.807) is 12.1 Å². The molecule has 0 bridgehead atoms. The molecule has 0 saturated carbocycles. The molecule has 0 spiro atoms. The SMILES string of the molecule is CCN(CC(=O)NCc1ccc(F)cc1)C(=O)CNc1c(C)cccc1C. The number of halogens is 1. The van der Waals surface area contributed by atoms with Gasteiger partial charge in [0, 0.05) is 18.8 Å². The van der Waals surface area contributed by atoms with Gasteiger partial charge in [-0.25, -0.2) is 4.39 Å². The summed E-state index contributed by atoms with van der Waals surface area (Å²) < 4.78 is 12.9. The number of para-hydroxylation sites is 1. The first kappa shape index (κ1) is 20.4. The summed E-state index contributed by atoms with van der Waals surface area (Å²) in [6, 6.07) is 11.9. The quantitative estimate of drug-likeness (QED) is 0.750. The van der Waals surface area contributed by atoms with E-state index in [0.717, 1.165) is 22.4 Å². The molecule has 0 atom stereocenters. The molecule has 27 heavy (non-hydrogen) atoms. The Kier molecular flexibility index (Phi) is 7.34. The molecule has 144 valence electrons. The number of carbonyl (C=O) groups is 2. The van der Waals surface area contributed by atoms with Crippen LogP contribution < -0.4 is 10.6 Å². The number of carbonyl (C=O) groups excluding carboxylic acids is 2. The number of likely N-dealkylation sites (N-methyl/N-ethyl adjacent to an activating group) is 1. The number of benzene rings is 2. The number of hydrogen-bond acceptors (Lipinski definition) is 3. The van der Waals surface area contributed by atoms with Crippen molar-refractivity contribution in [2.45, 2.75) is 27.3 Å². The van der Waals surface area contributed by atoms with Crippen LogP contribution in [-0.4, -0.2) is 36.3 Å². The highest BCUT2D eigenvalue weighted by atomic mass is 19.1. The van der Waals surface area contributed by atoms with Crippen LogP contribution in [0, 0.1) is 19.7 Å². The number of nitrogens with zero attached hydrogens (tertiary/aromatic N) is 1. The summed E-state index contributed by atoms with van der Waals surface area (Å²) in [7, 11) is 0. The van der Waals surface area contributed by atoms with Gasteiger partial charge in [0.05, 0.1) is 13.1 Å². The van der Waals surface area contributed by atoms with Gasteiger partial charge < -0.3 is 15.5 Å². The molecule has 2 aromatic rings. The van der Waals surface area contributed by atoms with Crippen molar-refractivity contribution in [2.75, 3.05) is 25.0 Å². The average Bonchev–Trinajstić information content (AvgIpc) is 2.65. The summed E-state index contributed by atoms with van der Waals surface area (Å²) in [4.78, 5) is 26.1. The highest BCUT2D eigenvalue weighted by molar-refractivity contribution is 5.87. The molecule has 5 nitrogen and oxygen atoms in total. The third kappa shape index (κ3) is 6.09. The Hall–Kier alpha value is -2.89. The maximum atomic E-state index is 12.9. The molecule has 2 N–H and O–H groups in total. The number of aryl methyl sites for hydroxylation is 2. The Balaban J connectivity index is 1.84. The predicted octanol–water partition coefficient (Wildman–Crippen LogP) is 3.02. The number of anilines is 1. The normalized spacial score (nSPS) is 10.4. The molecule has 0 heterocycles. The summed E-state index contributed by atoms with van der Waals surface area (Å²) in [6.45, 7) is 6.67. The maximum Gasteiger partial charge on any atom is 0.242 e. The first-order valence-electron chi connectivity index (χ1n) is 8.99. The van der Waals surface area contributed by atoms with E-state index in [1.807, 2.05) is 39.0 Å². The lowest BCUT2D eigenvalue weighted by molar-refractivity contribution is -0.134. The van der Waals surface area contributed by atoms with Gasteiger partial charge in [0.15, 0.2) is 0 Å². The number of hydrogen-bond donors (Lipinski definition) is 2. The van der Waals surface area contributed by atoms with Crippen LogP contribution in [-0.2, 0) is 16.1 Å². The molecule has 2 amide bonds. The van der Waals surface area contributed by atoms with Crippen LogP contribution in [0.25, 0.3) is 0 Å². The van der Waals surface area contributed by atoms with E-state index in [1.165, 1.54) is 17.0 Å². The molecule has 0 unspecified atom stereocenters. The molecule has 2 aromatic carbocycles. The van der Waals surface area contributed by atoms with Crippen LogP contribution in [0.15, 0.2) is 42.5 Å². The highest BCUT2D eigenvalue weighted by Crippen LogP contribution is 2.19. The monoisotopic (exact) mass is 371 g/mol. The molecule has 0 radical (unpaired) electrons. The Morgan fingerprint density at radius 1 is 1.04 bits per heavy atom. The summed E-state index contributed by atoms with van der Waals surface area (Å²) in [5, 5.41) is 5.93. The lowest BCUT2D eigenvalue weighted by atomic mass is 10.1. The summed E-state index contributed by atoms with van der Waals surface area (Å²) in [5.41, 5.74) is 3.89. The molecule has 0 aromatic heterocycles. The third-order valence-corrected chi connectivity index (χ3v) is 4.37. The van der Waals surface area contributed by atoms with Gasteiger partial charge in [-0.3, -0.25) is 9.59 Å². The lowest BCUT2D eigenvalue weighted by Gasteiger charge is -2.21. The minimum absolute atomic E-state index is 0.00897. The molecule has 2 rings (SSSR count). The van der Waals surface area contributed by atoms with Crippen LogP contribution in [0.1, 0.15) is 23.6 Å². The van der Waals surface area contributed by atoms with Gasteiger partial charge in [-0.15, -0.1) is 0 Å². The van der Waals surface area contributed by atoms with Crippen molar-refractivity contribution in [3.63, 3.8) is 0 Å². The molecule has 0 aliphatic heterocycles. The minimum atomic E-state index is -0.316. The number of amides is 2. The van der Waals surface area contributed by atoms with E-state index in [9.17, 15) is 14.0 Å². The second-order valence-electron chi connectivity index (χ2n) is 6.43. The minimum Gasteiger partial charge on any atom is -0.376 e. The molecule has 0 aliphatic carbocycles. The lowest BCUT2D eigenvalue weighted by Crippen LogP contribution is -2.42. The third-order valence-electron chi connectivity index (χ3n) is 4.37. The van der Waals surface area contributed by atoms with Crippen molar-refractivity contribution < 1.29 is 14.0 Å². The van der Waals surface area contributed by atoms with Crippen LogP contribution >= 0.6 is 0 Å². The van der Waals surface area contributed by atoms with E-state index < -0.39 is 0 Å². The van der Waals surface area contributed by atoms with Gasteiger partial charge in [-0.1, -0.05) is 30.3 Å². The van der Waals surface area contributed by atoms with E-state index >= 15 is 0 Å². The molecule has 0 aliphatic rings. The predicted molar refractivity (Wildman–Crippen MR) is 105 cm³/mol. The van der Waals surface area contributed by atoms with E-state index in [4.69, 9.17) is 0 Å². The molecular weight excluding hydrogens is 345 g/mol.